The normalized spacial score (nSPS) is 18.8. The third-order valence-electron chi connectivity index (χ3n) is 6.70. The number of aryl methyl sites for hydroxylation is 1. The molecule has 0 saturated carbocycles. The fraction of sp³-hybridized carbons (Fsp3) is 0.393. The summed E-state index contributed by atoms with van der Waals surface area (Å²) < 4.78 is 36.8. The van der Waals surface area contributed by atoms with Crippen LogP contribution in [0.2, 0.25) is 0 Å². The van der Waals surface area contributed by atoms with Crippen molar-refractivity contribution in [3.63, 3.8) is 0 Å². The van der Waals surface area contributed by atoms with E-state index in [9.17, 15) is 18.0 Å². The van der Waals surface area contributed by atoms with Crippen LogP contribution in [0, 0.1) is 6.92 Å². The second-order valence-corrected chi connectivity index (χ2v) is 12.2. The van der Waals surface area contributed by atoms with Crippen molar-refractivity contribution >= 4 is 32.7 Å². The maximum atomic E-state index is 13.5. The molecule has 2 aromatic carbocycles. The van der Waals surface area contributed by atoms with E-state index in [1.165, 1.54) is 11.9 Å². The number of hydrogen-bond donors (Lipinski definition) is 1. The van der Waals surface area contributed by atoms with Crippen molar-refractivity contribution in [2.75, 3.05) is 25.9 Å². The van der Waals surface area contributed by atoms with E-state index in [0.29, 0.717) is 17.9 Å². The van der Waals surface area contributed by atoms with Crippen LogP contribution < -0.4 is 10.1 Å². The number of rotatable bonds is 7. The molecule has 3 aromatic rings. The quantitative estimate of drug-likeness (QED) is 0.487. The summed E-state index contributed by atoms with van der Waals surface area (Å²) in [5.41, 5.74) is 3.18. The van der Waals surface area contributed by atoms with Gasteiger partial charge in [-0.2, -0.15) is 0 Å². The SMILES string of the molecule is CNC(=O)CC1(c2ccc(OCc3cc(C)nc4ccccc34)cc2)CN(C(=O)OC(C)C)CCS1(=O)=O. The third kappa shape index (κ3) is 5.60. The fourth-order valence-electron chi connectivity index (χ4n) is 4.76. The summed E-state index contributed by atoms with van der Waals surface area (Å²) in [5.74, 6) is -0.163. The lowest BCUT2D eigenvalue weighted by Gasteiger charge is -2.41. The smallest absolute Gasteiger partial charge is 0.410 e. The number of amides is 2. The van der Waals surface area contributed by atoms with Crippen LogP contribution in [0.5, 0.6) is 5.75 Å². The Bertz CT molecular complexity index is 1440. The molecule has 1 N–H and O–H groups in total. The minimum Gasteiger partial charge on any atom is -0.489 e. The van der Waals surface area contributed by atoms with Crippen LogP contribution >= 0.6 is 0 Å². The largest absolute Gasteiger partial charge is 0.489 e. The zero-order valence-corrected chi connectivity index (χ0v) is 22.9. The van der Waals surface area contributed by atoms with Gasteiger partial charge in [-0.25, -0.2) is 13.2 Å². The molecule has 38 heavy (non-hydrogen) atoms. The van der Waals surface area contributed by atoms with E-state index in [1.54, 1.807) is 38.1 Å². The van der Waals surface area contributed by atoms with E-state index in [2.05, 4.69) is 10.3 Å². The number of hydrogen-bond acceptors (Lipinski definition) is 7. The summed E-state index contributed by atoms with van der Waals surface area (Å²) in [5, 5.41) is 3.52. The summed E-state index contributed by atoms with van der Waals surface area (Å²) in [7, 11) is -2.34. The molecule has 202 valence electrons. The first-order chi connectivity index (χ1) is 18.0. The van der Waals surface area contributed by atoms with E-state index < -0.39 is 26.6 Å². The molecule has 1 aromatic heterocycles. The molecule has 2 amide bonds. The predicted octanol–water partition coefficient (Wildman–Crippen LogP) is 3.73. The van der Waals surface area contributed by atoms with Gasteiger partial charge in [-0.05, 0) is 50.6 Å². The summed E-state index contributed by atoms with van der Waals surface area (Å²) in [4.78, 5) is 31.1. The molecule has 0 spiro atoms. The minimum atomic E-state index is -3.79. The van der Waals surface area contributed by atoms with Gasteiger partial charge in [0.15, 0.2) is 9.84 Å². The van der Waals surface area contributed by atoms with Gasteiger partial charge in [0.25, 0.3) is 0 Å². The molecule has 1 aliphatic rings. The number of fused-ring (bicyclic) bond motifs is 1. The van der Waals surface area contributed by atoms with E-state index in [1.807, 2.05) is 37.3 Å². The van der Waals surface area contributed by atoms with Crippen molar-refractivity contribution in [3.8, 4) is 5.75 Å². The Morgan fingerprint density at radius 3 is 2.53 bits per heavy atom. The Balaban J connectivity index is 1.63. The molecule has 0 aliphatic carbocycles. The number of carbonyl (C=O) groups is 2. The third-order valence-corrected chi connectivity index (χ3v) is 9.12. The van der Waals surface area contributed by atoms with Gasteiger partial charge in [0.05, 0.1) is 23.8 Å². The number of benzene rings is 2. The number of aromatic nitrogens is 1. The van der Waals surface area contributed by atoms with Crippen molar-refractivity contribution in [1.29, 1.82) is 0 Å². The molecule has 1 fully saturated rings. The molecule has 1 atom stereocenters. The standard InChI is InChI=1S/C28H33N3O6S/c1-19(2)37-27(33)31-13-14-38(34,35)28(18-31,16-26(32)29-4)22-9-11-23(12-10-22)36-17-21-15-20(3)30-25-8-6-5-7-24(21)25/h5-12,15,19H,13-14,16-18H2,1-4H3,(H,29,32). The second-order valence-electron chi connectivity index (χ2n) is 9.77. The average molecular weight is 540 g/mol. The van der Waals surface area contributed by atoms with Crippen molar-refractivity contribution in [2.24, 2.45) is 0 Å². The van der Waals surface area contributed by atoms with Crippen molar-refractivity contribution in [1.82, 2.24) is 15.2 Å². The van der Waals surface area contributed by atoms with Crippen LogP contribution in [0.25, 0.3) is 10.9 Å². The monoisotopic (exact) mass is 539 g/mol. The molecule has 9 nitrogen and oxygen atoms in total. The number of nitrogens with zero attached hydrogens (tertiary/aromatic N) is 2. The lowest BCUT2D eigenvalue weighted by atomic mass is 9.93. The molecular formula is C28H33N3O6S. The molecule has 2 heterocycles. The van der Waals surface area contributed by atoms with Crippen LogP contribution in [-0.4, -0.2) is 62.3 Å². The number of sulfone groups is 1. The zero-order chi connectivity index (χ0) is 27.5. The summed E-state index contributed by atoms with van der Waals surface area (Å²) in [6.45, 7) is 5.51. The van der Waals surface area contributed by atoms with E-state index in [4.69, 9.17) is 9.47 Å². The Kier molecular flexibility index (Phi) is 7.91. The number of para-hydroxylation sites is 1. The van der Waals surface area contributed by atoms with Gasteiger partial charge < -0.3 is 19.7 Å². The van der Waals surface area contributed by atoms with Crippen LogP contribution in [0.15, 0.2) is 54.6 Å². The van der Waals surface area contributed by atoms with Crippen LogP contribution in [0.4, 0.5) is 4.79 Å². The lowest BCUT2D eigenvalue weighted by Crippen LogP contribution is -2.57. The number of pyridine rings is 1. The zero-order valence-electron chi connectivity index (χ0n) is 22.1. The minimum absolute atomic E-state index is 0.00385. The van der Waals surface area contributed by atoms with Gasteiger partial charge in [-0.3, -0.25) is 9.78 Å². The van der Waals surface area contributed by atoms with Gasteiger partial charge in [0, 0.05) is 36.8 Å². The molecule has 10 heteroatoms. The highest BCUT2D eigenvalue weighted by Crippen LogP contribution is 2.39. The van der Waals surface area contributed by atoms with Crippen molar-refractivity contribution in [3.05, 3.63) is 71.4 Å². The van der Waals surface area contributed by atoms with Crippen LogP contribution in [0.3, 0.4) is 0 Å². The molecular weight excluding hydrogens is 506 g/mol. The van der Waals surface area contributed by atoms with Gasteiger partial charge in [-0.15, -0.1) is 0 Å². The molecule has 0 bridgehead atoms. The highest BCUT2D eigenvalue weighted by Gasteiger charge is 2.52. The van der Waals surface area contributed by atoms with Crippen molar-refractivity contribution < 1.29 is 27.5 Å². The molecule has 4 rings (SSSR count). The summed E-state index contributed by atoms with van der Waals surface area (Å²) >= 11 is 0. The molecule has 1 saturated heterocycles. The lowest BCUT2D eigenvalue weighted by molar-refractivity contribution is -0.121. The van der Waals surface area contributed by atoms with Gasteiger partial charge >= 0.3 is 6.09 Å². The molecule has 1 unspecified atom stereocenters. The first kappa shape index (κ1) is 27.4. The van der Waals surface area contributed by atoms with E-state index in [0.717, 1.165) is 22.2 Å². The molecule has 1 aliphatic heterocycles. The topological polar surface area (TPSA) is 115 Å². The first-order valence-corrected chi connectivity index (χ1v) is 14.2. The Morgan fingerprint density at radius 1 is 1.13 bits per heavy atom. The highest BCUT2D eigenvalue weighted by molar-refractivity contribution is 7.92. The summed E-state index contributed by atoms with van der Waals surface area (Å²) in [6, 6.07) is 16.5. The van der Waals surface area contributed by atoms with Gasteiger partial charge in [-0.1, -0.05) is 30.3 Å². The Labute approximate surface area is 223 Å². The maximum absolute atomic E-state index is 13.5. The van der Waals surface area contributed by atoms with Crippen LogP contribution in [0.1, 0.15) is 37.1 Å². The van der Waals surface area contributed by atoms with E-state index in [-0.39, 0.29) is 31.4 Å². The van der Waals surface area contributed by atoms with Gasteiger partial charge in [0.2, 0.25) is 5.91 Å². The van der Waals surface area contributed by atoms with Crippen LogP contribution in [-0.2, 0) is 30.7 Å². The van der Waals surface area contributed by atoms with Crippen molar-refractivity contribution in [2.45, 2.75) is 44.6 Å². The first-order valence-electron chi connectivity index (χ1n) is 12.5. The van der Waals surface area contributed by atoms with E-state index >= 15 is 0 Å². The number of ether oxygens (including phenoxy) is 2. The fourth-order valence-corrected chi connectivity index (χ4v) is 6.81. The average Bonchev–Trinajstić information content (AvgIpc) is 2.88. The Hall–Kier alpha value is -3.66. The second kappa shape index (κ2) is 11.0. The Morgan fingerprint density at radius 2 is 1.84 bits per heavy atom. The number of nitrogens with one attached hydrogen (secondary N) is 1. The summed E-state index contributed by atoms with van der Waals surface area (Å²) in [6.07, 6.45) is -1.28. The van der Waals surface area contributed by atoms with Gasteiger partial charge in [0.1, 0.15) is 17.1 Å². The maximum Gasteiger partial charge on any atom is 0.410 e. The predicted molar refractivity (Wildman–Crippen MR) is 145 cm³/mol. The molecule has 0 radical (unpaired) electrons. The number of carbonyl (C=O) groups excluding carboxylic acids is 2. The highest BCUT2D eigenvalue weighted by atomic mass is 32.2.